The predicted octanol–water partition coefficient (Wildman–Crippen LogP) is 3.89. The Labute approximate surface area is 140 Å². The van der Waals surface area contributed by atoms with Crippen LogP contribution in [0.2, 0.25) is 0 Å². The predicted molar refractivity (Wildman–Crippen MR) is 91.1 cm³/mol. The number of aliphatic hydroxyl groups is 1. The lowest BCUT2D eigenvalue weighted by Crippen LogP contribution is -2.55. The minimum atomic E-state index is -0.143. The van der Waals surface area contributed by atoms with Crippen LogP contribution < -0.4 is 0 Å². The molecular formula is C20H32O3. The van der Waals surface area contributed by atoms with E-state index in [-0.39, 0.29) is 18.3 Å². The maximum atomic E-state index is 11.4. The number of aldehydes is 1. The Bertz CT molecular complexity index is 509. The Morgan fingerprint density at radius 3 is 2.57 bits per heavy atom. The van der Waals surface area contributed by atoms with Crippen LogP contribution in [0.5, 0.6) is 0 Å². The van der Waals surface area contributed by atoms with Crippen molar-refractivity contribution in [1.82, 2.24) is 0 Å². The molecule has 0 bridgehead atoms. The molecule has 1 heterocycles. The van der Waals surface area contributed by atoms with Crippen molar-refractivity contribution in [3.05, 3.63) is 11.6 Å². The summed E-state index contributed by atoms with van der Waals surface area (Å²) in [5, 5.41) is 9.17. The van der Waals surface area contributed by atoms with Gasteiger partial charge in [0.05, 0.1) is 18.3 Å². The van der Waals surface area contributed by atoms with Crippen LogP contribution in [-0.4, -0.2) is 29.7 Å². The van der Waals surface area contributed by atoms with Crippen LogP contribution in [0.3, 0.4) is 0 Å². The molecule has 3 aliphatic rings. The summed E-state index contributed by atoms with van der Waals surface area (Å²) in [6.07, 6.45) is 9.47. The van der Waals surface area contributed by atoms with Gasteiger partial charge in [0.25, 0.3) is 0 Å². The molecule has 5 unspecified atom stereocenters. The Balaban J connectivity index is 1.92. The molecule has 0 spiro atoms. The number of fused-ring (bicyclic) bond motifs is 3. The lowest BCUT2D eigenvalue weighted by atomic mass is 9.45. The molecule has 3 fully saturated rings. The van der Waals surface area contributed by atoms with Crippen LogP contribution in [-0.2, 0) is 9.53 Å². The maximum absolute atomic E-state index is 11.4. The van der Waals surface area contributed by atoms with E-state index in [1.807, 2.05) is 0 Å². The Hall–Kier alpha value is -0.670. The second kappa shape index (κ2) is 5.70. The molecular weight excluding hydrogens is 288 g/mol. The molecule has 0 aromatic carbocycles. The van der Waals surface area contributed by atoms with Crippen LogP contribution in [0.25, 0.3) is 0 Å². The molecule has 0 aromatic rings. The summed E-state index contributed by atoms with van der Waals surface area (Å²) in [5.41, 5.74) is 1.21. The highest BCUT2D eigenvalue weighted by Gasteiger charge is 2.62. The van der Waals surface area contributed by atoms with Crippen molar-refractivity contribution in [2.75, 3.05) is 6.61 Å². The molecule has 3 nitrogen and oxygen atoms in total. The lowest BCUT2D eigenvalue weighted by Gasteiger charge is -2.60. The highest BCUT2D eigenvalue weighted by atomic mass is 16.5. The number of aliphatic hydroxyl groups excluding tert-OH is 1. The van der Waals surface area contributed by atoms with Crippen molar-refractivity contribution in [1.29, 1.82) is 0 Å². The number of hydrogen-bond acceptors (Lipinski definition) is 3. The molecule has 1 aliphatic heterocycles. The van der Waals surface area contributed by atoms with E-state index < -0.39 is 0 Å². The molecule has 23 heavy (non-hydrogen) atoms. The number of ether oxygens (including phenoxy) is 1. The third-order valence-electron chi connectivity index (χ3n) is 7.43. The molecule has 2 saturated carbocycles. The van der Waals surface area contributed by atoms with Crippen molar-refractivity contribution in [3.8, 4) is 0 Å². The third kappa shape index (κ3) is 2.60. The van der Waals surface area contributed by atoms with Gasteiger partial charge in [-0.1, -0.05) is 33.3 Å². The molecule has 3 heteroatoms. The van der Waals surface area contributed by atoms with Crippen LogP contribution in [0, 0.1) is 22.7 Å². The first-order chi connectivity index (χ1) is 10.8. The fourth-order valence-electron chi connectivity index (χ4n) is 6.42. The van der Waals surface area contributed by atoms with Gasteiger partial charge in [0.1, 0.15) is 6.29 Å². The Morgan fingerprint density at radius 1 is 1.17 bits per heavy atom. The van der Waals surface area contributed by atoms with Crippen LogP contribution in [0.15, 0.2) is 11.6 Å². The molecule has 1 saturated heterocycles. The number of hydrogen-bond donors (Lipinski definition) is 1. The zero-order valence-corrected chi connectivity index (χ0v) is 15.1. The summed E-state index contributed by atoms with van der Waals surface area (Å²) in [6, 6.07) is 0. The fraction of sp³-hybridized carbons (Fsp3) is 0.850. The van der Waals surface area contributed by atoms with Crippen LogP contribution in [0.4, 0.5) is 0 Å². The first-order valence-electron chi connectivity index (χ1n) is 9.21. The summed E-state index contributed by atoms with van der Waals surface area (Å²) < 4.78 is 6.43. The van der Waals surface area contributed by atoms with Gasteiger partial charge >= 0.3 is 0 Å². The average Bonchev–Trinajstić information content (AvgIpc) is 2.82. The van der Waals surface area contributed by atoms with E-state index >= 15 is 0 Å². The van der Waals surface area contributed by atoms with E-state index in [0.29, 0.717) is 22.3 Å². The van der Waals surface area contributed by atoms with Crippen LogP contribution in [0.1, 0.15) is 66.2 Å². The third-order valence-corrected chi connectivity index (χ3v) is 7.43. The fourth-order valence-corrected chi connectivity index (χ4v) is 6.42. The highest BCUT2D eigenvalue weighted by Crippen LogP contribution is 2.65. The van der Waals surface area contributed by atoms with E-state index in [1.165, 1.54) is 25.7 Å². The van der Waals surface area contributed by atoms with E-state index in [1.54, 1.807) is 6.08 Å². The SMILES string of the molecule is CC1(C)CCCC2(C)C1CCC1(C)OC(C(C=O)=CCO)CC12. The van der Waals surface area contributed by atoms with Crippen molar-refractivity contribution in [3.63, 3.8) is 0 Å². The zero-order chi connectivity index (χ0) is 16.9. The maximum Gasteiger partial charge on any atom is 0.148 e. The summed E-state index contributed by atoms with van der Waals surface area (Å²) in [7, 11) is 0. The normalized spacial score (nSPS) is 46.1. The second-order valence-corrected chi connectivity index (χ2v) is 9.15. The largest absolute Gasteiger partial charge is 0.392 e. The monoisotopic (exact) mass is 320 g/mol. The molecule has 2 aliphatic carbocycles. The van der Waals surface area contributed by atoms with E-state index in [4.69, 9.17) is 9.84 Å². The topological polar surface area (TPSA) is 46.5 Å². The van der Waals surface area contributed by atoms with Crippen molar-refractivity contribution in [2.45, 2.75) is 77.9 Å². The summed E-state index contributed by atoms with van der Waals surface area (Å²) >= 11 is 0. The van der Waals surface area contributed by atoms with Gasteiger partial charge in [-0.3, -0.25) is 4.79 Å². The van der Waals surface area contributed by atoms with Gasteiger partial charge in [0, 0.05) is 5.57 Å². The van der Waals surface area contributed by atoms with Gasteiger partial charge in [0.2, 0.25) is 0 Å². The van der Waals surface area contributed by atoms with Gasteiger partial charge in [-0.25, -0.2) is 0 Å². The quantitative estimate of drug-likeness (QED) is 0.634. The van der Waals surface area contributed by atoms with Gasteiger partial charge < -0.3 is 9.84 Å². The first-order valence-corrected chi connectivity index (χ1v) is 9.21. The molecule has 0 aromatic heterocycles. The average molecular weight is 320 g/mol. The van der Waals surface area contributed by atoms with E-state index in [2.05, 4.69) is 27.7 Å². The lowest BCUT2D eigenvalue weighted by molar-refractivity contribution is -0.152. The van der Waals surface area contributed by atoms with E-state index in [0.717, 1.165) is 25.0 Å². The molecule has 5 atom stereocenters. The van der Waals surface area contributed by atoms with Crippen molar-refractivity contribution in [2.24, 2.45) is 22.7 Å². The minimum Gasteiger partial charge on any atom is -0.392 e. The highest BCUT2D eigenvalue weighted by molar-refractivity contribution is 5.74. The first kappa shape index (κ1) is 17.2. The van der Waals surface area contributed by atoms with E-state index in [9.17, 15) is 4.79 Å². The molecule has 0 radical (unpaired) electrons. The summed E-state index contributed by atoms with van der Waals surface area (Å²) in [6.45, 7) is 9.51. The second-order valence-electron chi connectivity index (χ2n) is 9.15. The number of rotatable bonds is 3. The molecule has 0 amide bonds. The van der Waals surface area contributed by atoms with Gasteiger partial charge in [-0.2, -0.15) is 0 Å². The minimum absolute atomic E-state index is 0.0950. The Kier molecular flexibility index (Phi) is 4.25. The van der Waals surface area contributed by atoms with Gasteiger partial charge in [0.15, 0.2) is 0 Å². The molecule has 130 valence electrons. The van der Waals surface area contributed by atoms with Crippen LogP contribution >= 0.6 is 0 Å². The van der Waals surface area contributed by atoms with Gasteiger partial charge in [-0.05, 0) is 61.7 Å². The van der Waals surface area contributed by atoms with Crippen molar-refractivity contribution < 1.29 is 14.6 Å². The standard InChI is InChI=1S/C20H32O3/c1-18(2)8-5-9-19(3)16(18)6-10-20(4)17(19)12-15(23-20)14(13-22)7-11-21/h7,13,15-17,21H,5-6,8-12H2,1-4H3. The smallest absolute Gasteiger partial charge is 0.148 e. The summed E-state index contributed by atoms with van der Waals surface area (Å²) in [4.78, 5) is 11.4. The summed E-state index contributed by atoms with van der Waals surface area (Å²) in [5.74, 6) is 1.24. The Morgan fingerprint density at radius 2 is 1.91 bits per heavy atom. The van der Waals surface area contributed by atoms with Crippen molar-refractivity contribution >= 4 is 6.29 Å². The zero-order valence-electron chi connectivity index (χ0n) is 15.1. The molecule has 3 rings (SSSR count). The number of carbonyl (C=O) groups excluding carboxylic acids is 1. The number of carbonyl (C=O) groups is 1. The molecule has 1 N–H and O–H groups in total. The van der Waals surface area contributed by atoms with Gasteiger partial charge in [-0.15, -0.1) is 0 Å².